The van der Waals surface area contributed by atoms with Crippen LogP contribution < -0.4 is 5.32 Å². The molecule has 0 saturated heterocycles. The lowest BCUT2D eigenvalue weighted by molar-refractivity contribution is -0.101. The van der Waals surface area contributed by atoms with Gasteiger partial charge in [0.15, 0.2) is 12.0 Å². The Morgan fingerprint density at radius 2 is 1.85 bits per heavy atom. The number of ether oxygens (including phenoxy) is 2. The van der Waals surface area contributed by atoms with Gasteiger partial charge in [-0.15, -0.1) is 5.10 Å². The molecule has 1 amide bonds. The molecule has 9 heteroatoms. The number of hydrogen-bond acceptors (Lipinski definition) is 8. The summed E-state index contributed by atoms with van der Waals surface area (Å²) in [5.74, 6) is 0.508. The summed E-state index contributed by atoms with van der Waals surface area (Å²) in [6.45, 7) is 1.04. The number of nitrogens with zero attached hydrogens (tertiary/aromatic N) is 5. The van der Waals surface area contributed by atoms with Crippen molar-refractivity contribution in [2.24, 2.45) is 0 Å². The molecular weight excluding hydrogens is 432 g/mol. The van der Waals surface area contributed by atoms with Gasteiger partial charge in [-0.05, 0) is 36.1 Å². The second-order valence-electron chi connectivity index (χ2n) is 8.68. The molecule has 1 aliphatic carbocycles. The highest BCUT2D eigenvalue weighted by Crippen LogP contribution is 2.25. The van der Waals surface area contributed by atoms with Crippen LogP contribution in [0.15, 0.2) is 42.6 Å². The van der Waals surface area contributed by atoms with Crippen LogP contribution in [-0.2, 0) is 41.7 Å². The van der Waals surface area contributed by atoms with Gasteiger partial charge in [-0.1, -0.05) is 24.3 Å². The minimum absolute atomic E-state index is 0.148. The first-order valence-corrected chi connectivity index (χ1v) is 11.5. The summed E-state index contributed by atoms with van der Waals surface area (Å²) in [5, 5.41) is 11.8. The molecule has 3 aromatic rings. The number of anilines is 1. The maximum absolute atomic E-state index is 13.0. The van der Waals surface area contributed by atoms with Crippen molar-refractivity contribution in [3.8, 4) is 0 Å². The van der Waals surface area contributed by atoms with Gasteiger partial charge in [0, 0.05) is 58.0 Å². The lowest BCUT2D eigenvalue weighted by Gasteiger charge is -2.28. The summed E-state index contributed by atoms with van der Waals surface area (Å²) in [6, 6.07) is 12.3. The first kappa shape index (κ1) is 22.4. The van der Waals surface area contributed by atoms with Crippen molar-refractivity contribution in [3.63, 3.8) is 0 Å². The minimum Gasteiger partial charge on any atom is -0.356 e. The van der Waals surface area contributed by atoms with Crippen molar-refractivity contribution in [2.45, 2.75) is 44.6 Å². The number of benzene rings is 1. The van der Waals surface area contributed by atoms with Crippen LogP contribution in [-0.4, -0.2) is 64.1 Å². The average Bonchev–Trinajstić information content (AvgIpc) is 3.29. The molecule has 34 heavy (non-hydrogen) atoms. The van der Waals surface area contributed by atoms with Gasteiger partial charge in [0.25, 0.3) is 5.91 Å². The lowest BCUT2D eigenvalue weighted by atomic mass is 10.1. The highest BCUT2D eigenvalue weighted by Gasteiger charge is 2.26. The number of nitrogens with one attached hydrogen (secondary N) is 1. The summed E-state index contributed by atoms with van der Waals surface area (Å²) in [5.41, 5.74) is 5.75. The Bertz CT molecular complexity index is 1140. The first-order valence-electron chi connectivity index (χ1n) is 11.5. The molecule has 3 heterocycles. The van der Waals surface area contributed by atoms with E-state index in [2.05, 4.69) is 44.8 Å². The average molecular weight is 461 g/mol. The van der Waals surface area contributed by atoms with E-state index in [4.69, 9.17) is 14.5 Å². The number of hydrogen-bond donors (Lipinski definition) is 1. The fraction of sp³-hybridized carbons (Fsp3) is 0.400. The molecule has 0 bridgehead atoms. The maximum atomic E-state index is 13.0. The molecular formula is C25H28N6O3. The third-order valence-electron chi connectivity index (χ3n) is 6.45. The van der Waals surface area contributed by atoms with Crippen LogP contribution in [0.5, 0.6) is 0 Å². The Balaban J connectivity index is 1.20. The Kier molecular flexibility index (Phi) is 6.46. The molecule has 2 aromatic heterocycles. The van der Waals surface area contributed by atoms with Crippen molar-refractivity contribution in [1.82, 2.24) is 25.1 Å². The normalized spacial score (nSPS) is 15.3. The first-order chi connectivity index (χ1) is 16.6. The molecule has 176 valence electrons. The highest BCUT2D eigenvalue weighted by atomic mass is 16.7. The maximum Gasteiger partial charge on any atom is 0.274 e. The van der Waals surface area contributed by atoms with Crippen molar-refractivity contribution in [3.05, 3.63) is 76.4 Å². The SMILES string of the molecule is COC(Cc1ccc(C(=O)N2CCc3nc(NC4Cc5ccccc5C4)ncc3C2)nn1)OC. The van der Waals surface area contributed by atoms with E-state index in [1.807, 2.05) is 6.20 Å². The van der Waals surface area contributed by atoms with Crippen LogP contribution in [0.25, 0.3) is 0 Å². The van der Waals surface area contributed by atoms with Crippen LogP contribution in [0.3, 0.4) is 0 Å². The molecule has 1 aliphatic heterocycles. The minimum atomic E-state index is -0.391. The Labute approximate surface area is 198 Å². The zero-order chi connectivity index (χ0) is 23.5. The fourth-order valence-corrected chi connectivity index (χ4v) is 4.58. The van der Waals surface area contributed by atoms with E-state index in [0.29, 0.717) is 49.3 Å². The van der Waals surface area contributed by atoms with Crippen LogP contribution in [0.2, 0.25) is 0 Å². The monoisotopic (exact) mass is 460 g/mol. The molecule has 1 aromatic carbocycles. The molecule has 0 unspecified atom stereocenters. The van der Waals surface area contributed by atoms with E-state index in [1.54, 1.807) is 31.3 Å². The molecule has 0 fully saturated rings. The third-order valence-corrected chi connectivity index (χ3v) is 6.45. The standard InChI is InChI=1S/C25H28N6O3/c1-33-23(34-2)13-19-7-8-22(30-29-19)24(32)31-10-9-21-18(15-31)14-26-25(28-21)27-20-11-16-5-3-4-6-17(16)12-20/h3-8,14,20,23H,9-13,15H2,1-2H3,(H,26,27,28). The van der Waals surface area contributed by atoms with Gasteiger partial charge >= 0.3 is 0 Å². The second kappa shape index (κ2) is 9.82. The smallest absolute Gasteiger partial charge is 0.274 e. The van der Waals surface area contributed by atoms with Crippen molar-refractivity contribution >= 4 is 11.9 Å². The summed E-state index contributed by atoms with van der Waals surface area (Å²) < 4.78 is 10.4. The summed E-state index contributed by atoms with van der Waals surface area (Å²) >= 11 is 0. The van der Waals surface area contributed by atoms with Crippen molar-refractivity contribution < 1.29 is 14.3 Å². The van der Waals surface area contributed by atoms with Gasteiger partial charge in [0.05, 0.1) is 11.4 Å². The summed E-state index contributed by atoms with van der Waals surface area (Å²) in [7, 11) is 3.15. The molecule has 5 rings (SSSR count). The van der Waals surface area contributed by atoms with E-state index < -0.39 is 6.29 Å². The van der Waals surface area contributed by atoms with Crippen molar-refractivity contribution in [2.75, 3.05) is 26.1 Å². The fourth-order valence-electron chi connectivity index (χ4n) is 4.58. The Hall–Kier alpha value is -3.43. The van der Waals surface area contributed by atoms with E-state index in [9.17, 15) is 4.79 Å². The van der Waals surface area contributed by atoms with Crippen LogP contribution in [0, 0.1) is 0 Å². The van der Waals surface area contributed by atoms with Crippen molar-refractivity contribution in [1.29, 1.82) is 0 Å². The van der Waals surface area contributed by atoms with Gasteiger partial charge < -0.3 is 19.7 Å². The molecule has 1 N–H and O–H groups in total. The molecule has 0 saturated carbocycles. The molecule has 0 atom stereocenters. The number of methoxy groups -OCH3 is 2. The highest BCUT2D eigenvalue weighted by molar-refractivity contribution is 5.92. The van der Waals surface area contributed by atoms with E-state index >= 15 is 0 Å². The molecule has 0 spiro atoms. The number of rotatable bonds is 7. The number of amides is 1. The van der Waals surface area contributed by atoms with Gasteiger partial charge in [-0.3, -0.25) is 4.79 Å². The topological polar surface area (TPSA) is 102 Å². The zero-order valence-electron chi connectivity index (χ0n) is 19.4. The zero-order valence-corrected chi connectivity index (χ0v) is 19.4. The summed E-state index contributed by atoms with van der Waals surface area (Å²) in [4.78, 5) is 24.0. The van der Waals surface area contributed by atoms with Gasteiger partial charge in [0.1, 0.15) is 0 Å². The van der Waals surface area contributed by atoms with E-state index in [1.165, 1.54) is 11.1 Å². The van der Waals surface area contributed by atoms with Gasteiger partial charge in [-0.25, -0.2) is 9.97 Å². The molecule has 9 nitrogen and oxygen atoms in total. The number of fused-ring (bicyclic) bond motifs is 2. The molecule has 0 radical (unpaired) electrons. The van der Waals surface area contributed by atoms with Gasteiger partial charge in [0.2, 0.25) is 5.95 Å². The number of aromatic nitrogens is 4. The van der Waals surface area contributed by atoms with Crippen LogP contribution >= 0.6 is 0 Å². The second-order valence-corrected chi connectivity index (χ2v) is 8.68. The van der Waals surface area contributed by atoms with E-state index in [-0.39, 0.29) is 5.91 Å². The number of carbonyl (C=O) groups is 1. The van der Waals surface area contributed by atoms with Crippen LogP contribution in [0.4, 0.5) is 5.95 Å². The predicted molar refractivity (Wildman–Crippen MR) is 125 cm³/mol. The largest absolute Gasteiger partial charge is 0.356 e. The third kappa shape index (κ3) is 4.76. The molecule has 2 aliphatic rings. The Morgan fingerprint density at radius 1 is 1.09 bits per heavy atom. The van der Waals surface area contributed by atoms with E-state index in [0.717, 1.165) is 24.1 Å². The lowest BCUT2D eigenvalue weighted by Crippen LogP contribution is -2.37. The van der Waals surface area contributed by atoms with Gasteiger partial charge in [-0.2, -0.15) is 5.10 Å². The predicted octanol–water partition coefficient (Wildman–Crippen LogP) is 2.21. The number of carbonyl (C=O) groups excluding carboxylic acids is 1. The van der Waals surface area contributed by atoms with Crippen LogP contribution in [0.1, 0.15) is 38.6 Å². The summed E-state index contributed by atoms with van der Waals surface area (Å²) in [6.07, 6.45) is 4.55. The quantitative estimate of drug-likeness (QED) is 0.536. The Morgan fingerprint density at radius 3 is 2.53 bits per heavy atom.